The SMILES string of the molecule is CCC(CN)c1ncc[nH]1. The van der Waals surface area contributed by atoms with E-state index in [0.717, 1.165) is 12.2 Å². The summed E-state index contributed by atoms with van der Waals surface area (Å²) < 4.78 is 0. The van der Waals surface area contributed by atoms with E-state index in [0.29, 0.717) is 12.5 Å². The average Bonchev–Trinajstić information content (AvgIpc) is 2.43. The van der Waals surface area contributed by atoms with E-state index < -0.39 is 0 Å². The van der Waals surface area contributed by atoms with Gasteiger partial charge in [-0.15, -0.1) is 0 Å². The Hall–Kier alpha value is -0.830. The standard InChI is InChI=1S/C7H13N3/c1-2-6(5-8)7-9-3-4-10-7/h3-4,6H,2,5,8H2,1H3,(H,9,10). The highest BCUT2D eigenvalue weighted by Gasteiger charge is 2.07. The number of aromatic amines is 1. The molecule has 0 aliphatic rings. The number of nitrogens with two attached hydrogens (primary N) is 1. The van der Waals surface area contributed by atoms with Gasteiger partial charge in [-0.2, -0.15) is 0 Å². The van der Waals surface area contributed by atoms with E-state index in [-0.39, 0.29) is 0 Å². The summed E-state index contributed by atoms with van der Waals surface area (Å²) in [6.45, 7) is 2.78. The number of nitrogens with one attached hydrogen (secondary N) is 1. The van der Waals surface area contributed by atoms with Crippen LogP contribution in [0.15, 0.2) is 12.4 Å². The van der Waals surface area contributed by atoms with Crippen molar-refractivity contribution in [2.45, 2.75) is 19.3 Å². The van der Waals surface area contributed by atoms with Crippen molar-refractivity contribution in [3.63, 3.8) is 0 Å². The third-order valence-corrected chi connectivity index (χ3v) is 1.68. The zero-order valence-electron chi connectivity index (χ0n) is 6.17. The summed E-state index contributed by atoms with van der Waals surface area (Å²) >= 11 is 0. The molecule has 0 aliphatic heterocycles. The Morgan fingerprint density at radius 2 is 2.60 bits per heavy atom. The van der Waals surface area contributed by atoms with Crippen molar-refractivity contribution in [1.29, 1.82) is 0 Å². The molecule has 3 N–H and O–H groups in total. The maximum atomic E-state index is 5.51. The average molecular weight is 139 g/mol. The van der Waals surface area contributed by atoms with E-state index in [9.17, 15) is 0 Å². The van der Waals surface area contributed by atoms with Gasteiger partial charge < -0.3 is 10.7 Å². The Morgan fingerprint density at radius 1 is 1.80 bits per heavy atom. The third kappa shape index (κ3) is 1.36. The van der Waals surface area contributed by atoms with Crippen molar-refractivity contribution in [2.75, 3.05) is 6.54 Å². The quantitative estimate of drug-likeness (QED) is 0.652. The van der Waals surface area contributed by atoms with Crippen LogP contribution in [0, 0.1) is 0 Å². The fraction of sp³-hybridized carbons (Fsp3) is 0.571. The van der Waals surface area contributed by atoms with Gasteiger partial charge in [0.05, 0.1) is 0 Å². The minimum Gasteiger partial charge on any atom is -0.348 e. The Bertz CT molecular complexity index is 165. The number of hydrogen-bond acceptors (Lipinski definition) is 2. The summed E-state index contributed by atoms with van der Waals surface area (Å²) in [5, 5.41) is 0. The molecule has 0 bridgehead atoms. The van der Waals surface area contributed by atoms with Gasteiger partial charge in [0.15, 0.2) is 0 Å². The fourth-order valence-corrected chi connectivity index (χ4v) is 0.972. The van der Waals surface area contributed by atoms with E-state index in [2.05, 4.69) is 16.9 Å². The molecule has 0 spiro atoms. The Labute approximate surface area is 60.7 Å². The number of rotatable bonds is 3. The zero-order valence-corrected chi connectivity index (χ0v) is 6.17. The van der Waals surface area contributed by atoms with Gasteiger partial charge in [-0.3, -0.25) is 0 Å². The molecule has 1 aromatic heterocycles. The highest BCUT2D eigenvalue weighted by Crippen LogP contribution is 2.11. The number of aromatic nitrogens is 2. The lowest BCUT2D eigenvalue weighted by atomic mass is 10.1. The Morgan fingerprint density at radius 3 is 3.00 bits per heavy atom. The van der Waals surface area contributed by atoms with Crippen LogP contribution in [0.5, 0.6) is 0 Å². The number of nitrogens with zero attached hydrogens (tertiary/aromatic N) is 1. The lowest BCUT2D eigenvalue weighted by molar-refractivity contribution is 0.639. The van der Waals surface area contributed by atoms with Gasteiger partial charge in [0.25, 0.3) is 0 Å². The molecule has 56 valence electrons. The first kappa shape index (κ1) is 7.28. The molecule has 10 heavy (non-hydrogen) atoms. The molecule has 0 aromatic carbocycles. The molecule has 1 heterocycles. The van der Waals surface area contributed by atoms with Crippen LogP contribution in [0.1, 0.15) is 25.1 Å². The molecule has 0 saturated carbocycles. The normalized spacial score (nSPS) is 13.4. The zero-order chi connectivity index (χ0) is 7.40. The summed E-state index contributed by atoms with van der Waals surface area (Å²) in [5.41, 5.74) is 5.51. The lowest BCUT2D eigenvalue weighted by Gasteiger charge is -2.06. The van der Waals surface area contributed by atoms with Crippen molar-refractivity contribution in [3.05, 3.63) is 18.2 Å². The highest BCUT2D eigenvalue weighted by atomic mass is 14.9. The van der Waals surface area contributed by atoms with E-state index >= 15 is 0 Å². The maximum absolute atomic E-state index is 5.51. The first-order chi connectivity index (χ1) is 4.88. The van der Waals surface area contributed by atoms with Crippen molar-refractivity contribution in [2.24, 2.45) is 5.73 Å². The monoisotopic (exact) mass is 139 g/mol. The molecular formula is C7H13N3. The van der Waals surface area contributed by atoms with Crippen molar-refractivity contribution in [3.8, 4) is 0 Å². The van der Waals surface area contributed by atoms with E-state index in [4.69, 9.17) is 5.73 Å². The molecule has 1 rings (SSSR count). The smallest absolute Gasteiger partial charge is 0.110 e. The van der Waals surface area contributed by atoms with Crippen molar-refractivity contribution < 1.29 is 0 Å². The first-order valence-corrected chi connectivity index (χ1v) is 3.57. The van der Waals surface area contributed by atoms with E-state index in [1.807, 2.05) is 6.20 Å². The summed E-state index contributed by atoms with van der Waals surface area (Å²) in [6, 6.07) is 0. The van der Waals surface area contributed by atoms with Gasteiger partial charge in [0.1, 0.15) is 5.82 Å². The van der Waals surface area contributed by atoms with Crippen LogP contribution in [0.3, 0.4) is 0 Å². The second-order valence-corrected chi connectivity index (χ2v) is 2.32. The molecule has 0 aliphatic carbocycles. The van der Waals surface area contributed by atoms with E-state index in [1.54, 1.807) is 6.20 Å². The van der Waals surface area contributed by atoms with Crippen LogP contribution < -0.4 is 5.73 Å². The van der Waals surface area contributed by atoms with Gasteiger partial charge in [0.2, 0.25) is 0 Å². The van der Waals surface area contributed by atoms with E-state index in [1.165, 1.54) is 0 Å². The molecule has 1 atom stereocenters. The van der Waals surface area contributed by atoms with Gasteiger partial charge in [-0.05, 0) is 6.42 Å². The van der Waals surface area contributed by atoms with Gasteiger partial charge in [-0.1, -0.05) is 6.92 Å². The summed E-state index contributed by atoms with van der Waals surface area (Å²) in [5.74, 6) is 1.40. The highest BCUT2D eigenvalue weighted by molar-refractivity contribution is 4.96. The molecule has 0 radical (unpaired) electrons. The Balaban J connectivity index is 2.64. The minimum atomic E-state index is 0.398. The molecule has 0 fully saturated rings. The molecule has 3 nitrogen and oxygen atoms in total. The van der Waals surface area contributed by atoms with Gasteiger partial charge in [-0.25, -0.2) is 4.98 Å². The van der Waals surface area contributed by atoms with Crippen LogP contribution in [0.25, 0.3) is 0 Å². The molecule has 0 amide bonds. The van der Waals surface area contributed by atoms with Crippen LogP contribution in [-0.2, 0) is 0 Å². The van der Waals surface area contributed by atoms with Crippen LogP contribution in [0.2, 0.25) is 0 Å². The molecule has 0 saturated heterocycles. The number of H-pyrrole nitrogens is 1. The first-order valence-electron chi connectivity index (χ1n) is 3.57. The van der Waals surface area contributed by atoms with Crippen LogP contribution in [0.4, 0.5) is 0 Å². The van der Waals surface area contributed by atoms with Crippen molar-refractivity contribution >= 4 is 0 Å². The summed E-state index contributed by atoms with van der Waals surface area (Å²) in [6.07, 6.45) is 4.63. The van der Waals surface area contributed by atoms with Gasteiger partial charge >= 0.3 is 0 Å². The van der Waals surface area contributed by atoms with Gasteiger partial charge in [0, 0.05) is 24.9 Å². The number of hydrogen-bond donors (Lipinski definition) is 2. The Kier molecular flexibility index (Phi) is 2.45. The van der Waals surface area contributed by atoms with Crippen LogP contribution >= 0.6 is 0 Å². The largest absolute Gasteiger partial charge is 0.348 e. The maximum Gasteiger partial charge on any atom is 0.110 e. The topological polar surface area (TPSA) is 54.7 Å². The van der Waals surface area contributed by atoms with Crippen molar-refractivity contribution in [1.82, 2.24) is 9.97 Å². The molecule has 3 heteroatoms. The number of imidazole rings is 1. The predicted octanol–water partition coefficient (Wildman–Crippen LogP) is 0.862. The lowest BCUT2D eigenvalue weighted by Crippen LogP contribution is -2.12. The van der Waals surface area contributed by atoms with Crippen LogP contribution in [-0.4, -0.2) is 16.5 Å². The summed E-state index contributed by atoms with van der Waals surface area (Å²) in [4.78, 5) is 7.17. The third-order valence-electron chi connectivity index (χ3n) is 1.68. The minimum absolute atomic E-state index is 0.398. The second-order valence-electron chi connectivity index (χ2n) is 2.32. The fourth-order valence-electron chi connectivity index (χ4n) is 0.972. The molecular weight excluding hydrogens is 126 g/mol. The summed E-state index contributed by atoms with van der Waals surface area (Å²) in [7, 11) is 0. The predicted molar refractivity (Wildman–Crippen MR) is 40.7 cm³/mol. The molecule has 1 aromatic rings. The second kappa shape index (κ2) is 3.37. The molecule has 1 unspecified atom stereocenters.